The van der Waals surface area contributed by atoms with E-state index in [1.165, 1.54) is 44.4 Å². The number of hydrogen-bond donors (Lipinski definition) is 0. The fourth-order valence-corrected chi connectivity index (χ4v) is 5.84. The van der Waals surface area contributed by atoms with Crippen molar-refractivity contribution in [3.8, 4) is 11.5 Å². The molecule has 0 bridgehead atoms. The number of allylic oxidation sites excluding steroid dienone is 1. The van der Waals surface area contributed by atoms with E-state index in [4.69, 9.17) is 37.4 Å². The molecule has 13 heteroatoms. The molecular formula is C31H23Cl2F3N2O5S. The number of benzene rings is 3. The third kappa shape index (κ3) is 6.54. The van der Waals surface area contributed by atoms with Gasteiger partial charge in [-0.05, 0) is 66.1 Å². The van der Waals surface area contributed by atoms with Crippen LogP contribution in [0.3, 0.4) is 0 Å². The third-order valence-corrected chi connectivity index (χ3v) is 8.06. The number of fused-ring (bicyclic) bond motifs is 1. The molecule has 1 aliphatic rings. The Kier molecular flexibility index (Phi) is 9.19. The molecule has 1 aromatic heterocycles. The predicted octanol–water partition coefficient (Wildman–Crippen LogP) is 6.24. The fourth-order valence-electron chi connectivity index (χ4n) is 4.59. The van der Waals surface area contributed by atoms with Gasteiger partial charge in [0, 0.05) is 10.0 Å². The van der Waals surface area contributed by atoms with E-state index in [9.17, 15) is 22.8 Å². The average molecular weight is 664 g/mol. The van der Waals surface area contributed by atoms with Gasteiger partial charge in [0.15, 0.2) is 22.0 Å². The second kappa shape index (κ2) is 12.9. The highest BCUT2D eigenvalue weighted by atomic mass is 35.5. The van der Waals surface area contributed by atoms with Crippen LogP contribution in [-0.2, 0) is 16.1 Å². The van der Waals surface area contributed by atoms with Gasteiger partial charge in [0.25, 0.3) is 5.56 Å². The Labute approximate surface area is 263 Å². The highest BCUT2D eigenvalue weighted by Crippen LogP contribution is 2.38. The minimum atomic E-state index is -5.00. The first-order chi connectivity index (χ1) is 21.0. The summed E-state index contributed by atoms with van der Waals surface area (Å²) in [6, 6.07) is 16.5. The zero-order valence-electron chi connectivity index (χ0n) is 23.2. The number of halogens is 5. The summed E-state index contributed by atoms with van der Waals surface area (Å²) in [4.78, 5) is 30.3. The standard InChI is InChI=1S/C31H23Cl2F3N2O5S/c1-3-42-29(40)25-26(19-7-11-21(33)12-8-19)38-28(39)24(44-30(38)37-27(25)31(34,35)36)15-18-6-13-22(23(14-18)41-2)43-16-17-4-9-20(32)10-5-17/h4-15,26H,3,16H2,1-2H3/b24-15-/t26-/m1/s1. The molecule has 2 heterocycles. The number of methoxy groups -OCH3 is 1. The van der Waals surface area contributed by atoms with Gasteiger partial charge in [0.05, 0.1) is 29.9 Å². The highest BCUT2D eigenvalue weighted by molar-refractivity contribution is 7.07. The summed E-state index contributed by atoms with van der Waals surface area (Å²) in [5.74, 6) is -0.405. The lowest BCUT2D eigenvalue weighted by molar-refractivity contribution is -0.140. The highest BCUT2D eigenvalue weighted by Gasteiger charge is 2.45. The Morgan fingerprint density at radius 1 is 1.02 bits per heavy atom. The maximum atomic E-state index is 14.3. The number of esters is 1. The molecule has 0 unspecified atom stereocenters. The predicted molar refractivity (Wildman–Crippen MR) is 161 cm³/mol. The van der Waals surface area contributed by atoms with E-state index in [1.54, 1.807) is 30.3 Å². The van der Waals surface area contributed by atoms with Crippen LogP contribution in [0, 0.1) is 0 Å². The smallest absolute Gasteiger partial charge is 0.434 e. The van der Waals surface area contributed by atoms with E-state index in [0.717, 1.165) is 21.5 Å². The molecule has 0 amide bonds. The zero-order chi connectivity index (χ0) is 31.6. The van der Waals surface area contributed by atoms with E-state index < -0.39 is 35.0 Å². The lowest BCUT2D eigenvalue weighted by Gasteiger charge is -2.26. The molecule has 5 rings (SSSR count). The number of rotatable bonds is 8. The van der Waals surface area contributed by atoms with E-state index in [0.29, 0.717) is 27.1 Å². The largest absolute Gasteiger partial charge is 0.493 e. The van der Waals surface area contributed by atoms with Crippen LogP contribution in [0.2, 0.25) is 10.0 Å². The van der Waals surface area contributed by atoms with Gasteiger partial charge < -0.3 is 14.2 Å². The van der Waals surface area contributed by atoms with Crippen LogP contribution in [0.1, 0.15) is 29.7 Å². The number of alkyl halides is 3. The summed E-state index contributed by atoms with van der Waals surface area (Å²) in [5, 5.41) is 0.931. The van der Waals surface area contributed by atoms with E-state index >= 15 is 0 Å². The first-order valence-electron chi connectivity index (χ1n) is 13.1. The van der Waals surface area contributed by atoms with Crippen molar-refractivity contribution < 1.29 is 32.2 Å². The van der Waals surface area contributed by atoms with Crippen LogP contribution in [0.5, 0.6) is 11.5 Å². The Morgan fingerprint density at radius 3 is 2.30 bits per heavy atom. The second-order valence-corrected chi connectivity index (χ2v) is 11.3. The Hall–Kier alpha value is -4.06. The van der Waals surface area contributed by atoms with Gasteiger partial charge >= 0.3 is 12.1 Å². The molecule has 0 N–H and O–H groups in total. The van der Waals surface area contributed by atoms with Crippen molar-refractivity contribution in [1.82, 2.24) is 4.57 Å². The number of carbonyl (C=O) groups is 1. The molecular weight excluding hydrogens is 640 g/mol. The van der Waals surface area contributed by atoms with Crippen molar-refractivity contribution in [3.05, 3.63) is 124 Å². The van der Waals surface area contributed by atoms with Crippen molar-refractivity contribution in [2.75, 3.05) is 13.7 Å². The van der Waals surface area contributed by atoms with E-state index in [2.05, 4.69) is 4.99 Å². The first-order valence-corrected chi connectivity index (χ1v) is 14.7. The topological polar surface area (TPSA) is 79.1 Å². The van der Waals surface area contributed by atoms with Gasteiger partial charge in [-0.25, -0.2) is 9.79 Å². The molecule has 0 fully saturated rings. The minimum Gasteiger partial charge on any atom is -0.493 e. The number of ether oxygens (including phenoxy) is 3. The van der Waals surface area contributed by atoms with Crippen LogP contribution in [0.25, 0.3) is 6.08 Å². The monoisotopic (exact) mass is 662 g/mol. The summed E-state index contributed by atoms with van der Waals surface area (Å²) in [7, 11) is 1.46. The zero-order valence-corrected chi connectivity index (χ0v) is 25.5. The normalized spacial score (nSPS) is 15.1. The van der Waals surface area contributed by atoms with Crippen LogP contribution in [0.15, 0.2) is 87.8 Å². The Bertz CT molecular complexity index is 1920. The molecule has 7 nitrogen and oxygen atoms in total. The Balaban J connectivity index is 1.60. The van der Waals surface area contributed by atoms with E-state index in [1.807, 2.05) is 12.1 Å². The number of aromatic nitrogens is 1. The summed E-state index contributed by atoms with van der Waals surface area (Å²) < 4.78 is 60.4. The first kappa shape index (κ1) is 31.4. The van der Waals surface area contributed by atoms with Gasteiger partial charge in [-0.1, -0.05) is 64.9 Å². The molecule has 0 saturated carbocycles. The molecule has 1 aliphatic heterocycles. The third-order valence-electron chi connectivity index (χ3n) is 6.57. The van der Waals surface area contributed by atoms with Gasteiger partial charge in [0.1, 0.15) is 6.61 Å². The summed E-state index contributed by atoms with van der Waals surface area (Å²) in [6.45, 7) is 1.55. The fraction of sp³-hybridized carbons (Fsp3) is 0.194. The molecule has 0 aliphatic carbocycles. The van der Waals surface area contributed by atoms with Gasteiger partial charge in [-0.2, -0.15) is 13.2 Å². The lowest BCUT2D eigenvalue weighted by atomic mass is 9.95. The van der Waals surface area contributed by atoms with Crippen molar-refractivity contribution >= 4 is 46.6 Å². The maximum Gasteiger partial charge on any atom is 0.434 e. The molecule has 4 aromatic rings. The van der Waals surface area contributed by atoms with Crippen LogP contribution in [-0.4, -0.2) is 30.4 Å². The summed E-state index contributed by atoms with van der Waals surface area (Å²) in [6.07, 6.45) is -3.49. The SMILES string of the molecule is CCOC(=O)C1=C(C(F)(F)F)N=c2s/c(=C\c3ccc(OCc4ccc(Cl)cc4)c(OC)c3)c(=O)n2[C@@H]1c1ccc(Cl)cc1. The lowest BCUT2D eigenvalue weighted by Crippen LogP contribution is -2.41. The van der Waals surface area contributed by atoms with Crippen LogP contribution in [0.4, 0.5) is 13.2 Å². The molecule has 0 radical (unpaired) electrons. The summed E-state index contributed by atoms with van der Waals surface area (Å²) >= 11 is 12.7. The van der Waals surface area contributed by atoms with Crippen molar-refractivity contribution in [2.45, 2.75) is 25.7 Å². The van der Waals surface area contributed by atoms with Crippen LogP contribution < -0.4 is 24.4 Å². The van der Waals surface area contributed by atoms with Crippen molar-refractivity contribution in [2.24, 2.45) is 4.99 Å². The summed E-state index contributed by atoms with van der Waals surface area (Å²) in [5.41, 5.74) is -1.21. The molecule has 0 saturated heterocycles. The van der Waals surface area contributed by atoms with Crippen molar-refractivity contribution in [3.63, 3.8) is 0 Å². The van der Waals surface area contributed by atoms with Gasteiger partial charge in [0.2, 0.25) is 0 Å². The maximum absolute atomic E-state index is 14.3. The average Bonchev–Trinajstić information content (AvgIpc) is 3.30. The van der Waals surface area contributed by atoms with Gasteiger partial charge in [-0.15, -0.1) is 0 Å². The minimum absolute atomic E-state index is 0.0891. The number of thiazole rings is 1. The molecule has 0 spiro atoms. The number of nitrogens with zero attached hydrogens (tertiary/aromatic N) is 2. The van der Waals surface area contributed by atoms with E-state index in [-0.39, 0.29) is 28.1 Å². The molecule has 44 heavy (non-hydrogen) atoms. The van der Waals surface area contributed by atoms with Crippen molar-refractivity contribution in [1.29, 1.82) is 0 Å². The van der Waals surface area contributed by atoms with Crippen LogP contribution >= 0.6 is 34.5 Å². The number of carbonyl (C=O) groups excluding carboxylic acids is 1. The van der Waals surface area contributed by atoms with Gasteiger partial charge in [-0.3, -0.25) is 9.36 Å². The second-order valence-electron chi connectivity index (χ2n) is 9.44. The molecule has 228 valence electrons. The Morgan fingerprint density at radius 2 is 1.68 bits per heavy atom. The number of hydrogen-bond acceptors (Lipinski definition) is 7. The molecule has 3 aromatic carbocycles. The molecule has 1 atom stereocenters. The quantitative estimate of drug-likeness (QED) is 0.209.